The molecule has 0 atom stereocenters. The number of imidazole rings is 1. The van der Waals surface area contributed by atoms with Gasteiger partial charge >= 0.3 is 5.97 Å². The molecule has 3 rings (SSSR count). The smallest absolute Gasteiger partial charge is 0.338 e. The Morgan fingerprint density at radius 1 is 1.07 bits per heavy atom. The summed E-state index contributed by atoms with van der Waals surface area (Å²) >= 11 is 1.33. The second-order valence-electron chi connectivity index (χ2n) is 6.53. The van der Waals surface area contributed by atoms with Gasteiger partial charge in [0.05, 0.1) is 29.0 Å². The first-order valence-corrected chi connectivity index (χ1v) is 10.6. The Bertz CT molecular complexity index is 1090. The van der Waals surface area contributed by atoms with Crippen molar-refractivity contribution in [1.82, 2.24) is 9.55 Å². The first-order chi connectivity index (χ1) is 14.4. The summed E-state index contributed by atoms with van der Waals surface area (Å²) in [5.74, 6) is -0.386. The van der Waals surface area contributed by atoms with Crippen molar-refractivity contribution in [2.24, 2.45) is 0 Å². The van der Waals surface area contributed by atoms with Crippen LogP contribution in [-0.4, -0.2) is 39.6 Å². The molecule has 30 heavy (non-hydrogen) atoms. The van der Waals surface area contributed by atoms with Crippen molar-refractivity contribution >= 4 is 46.1 Å². The molecule has 0 unspecified atom stereocenters. The minimum Gasteiger partial charge on any atom is -0.462 e. The van der Waals surface area contributed by atoms with E-state index in [4.69, 9.17) is 4.74 Å². The van der Waals surface area contributed by atoms with E-state index in [0.29, 0.717) is 40.6 Å². The number of Topliss-reactive ketones (excluding diaryl/α,β-unsaturated/α-hetero) is 1. The van der Waals surface area contributed by atoms with Gasteiger partial charge in [-0.1, -0.05) is 11.8 Å². The number of ketones is 1. The number of benzene rings is 2. The molecule has 0 saturated heterocycles. The van der Waals surface area contributed by atoms with E-state index in [1.165, 1.54) is 18.7 Å². The molecular weight excluding hydrogens is 402 g/mol. The monoisotopic (exact) mass is 425 g/mol. The quantitative estimate of drug-likeness (QED) is 0.331. The van der Waals surface area contributed by atoms with Crippen LogP contribution in [0.2, 0.25) is 0 Å². The maximum Gasteiger partial charge on any atom is 0.338 e. The van der Waals surface area contributed by atoms with E-state index < -0.39 is 0 Å². The first-order valence-electron chi connectivity index (χ1n) is 9.64. The summed E-state index contributed by atoms with van der Waals surface area (Å²) in [6, 6.07) is 12.1. The van der Waals surface area contributed by atoms with Crippen molar-refractivity contribution in [3.8, 4) is 0 Å². The highest BCUT2D eigenvalue weighted by atomic mass is 32.2. The fraction of sp³-hybridized carbons (Fsp3) is 0.273. The zero-order chi connectivity index (χ0) is 21.7. The molecule has 3 aromatic rings. The number of ether oxygens (including phenoxy) is 1. The highest BCUT2D eigenvalue weighted by Gasteiger charge is 2.15. The molecule has 156 valence electrons. The highest BCUT2D eigenvalue weighted by molar-refractivity contribution is 7.99. The molecule has 1 aromatic heterocycles. The van der Waals surface area contributed by atoms with Gasteiger partial charge in [0, 0.05) is 17.8 Å². The third-order valence-electron chi connectivity index (χ3n) is 4.45. The van der Waals surface area contributed by atoms with Gasteiger partial charge in [-0.15, -0.1) is 0 Å². The maximum absolute atomic E-state index is 12.3. The zero-order valence-corrected chi connectivity index (χ0v) is 17.9. The molecular formula is C22H23N3O4S. The van der Waals surface area contributed by atoms with Crippen molar-refractivity contribution in [2.45, 2.75) is 32.5 Å². The van der Waals surface area contributed by atoms with E-state index in [1.807, 2.05) is 17.6 Å². The fourth-order valence-electron chi connectivity index (χ4n) is 2.98. The number of amides is 1. The number of rotatable bonds is 8. The minimum atomic E-state index is -0.380. The number of fused-ring (bicyclic) bond motifs is 1. The molecule has 7 nitrogen and oxygen atoms in total. The standard InChI is InChI=1S/C22H23N3O4S/c1-4-25-19-11-8-16(21(28)29-5-2)12-18(19)24-22(25)30-13-20(27)23-17-9-6-15(7-10-17)14(3)26/h6-12H,4-5,13H2,1-3H3,(H,23,27). The zero-order valence-electron chi connectivity index (χ0n) is 17.1. The van der Waals surface area contributed by atoms with Crippen LogP contribution in [0.3, 0.4) is 0 Å². The van der Waals surface area contributed by atoms with Crippen molar-refractivity contribution in [3.05, 3.63) is 53.6 Å². The van der Waals surface area contributed by atoms with Gasteiger partial charge in [-0.25, -0.2) is 9.78 Å². The number of nitrogens with zero attached hydrogens (tertiary/aromatic N) is 2. The van der Waals surface area contributed by atoms with E-state index in [-0.39, 0.29) is 23.4 Å². The predicted octanol–water partition coefficient (Wildman–Crippen LogP) is 4.17. The van der Waals surface area contributed by atoms with E-state index in [2.05, 4.69) is 10.3 Å². The first kappa shape index (κ1) is 21.6. The second-order valence-corrected chi connectivity index (χ2v) is 7.48. The van der Waals surface area contributed by atoms with Gasteiger partial charge in [0.1, 0.15) is 0 Å². The molecule has 0 spiro atoms. The fourth-order valence-corrected chi connectivity index (χ4v) is 3.86. The van der Waals surface area contributed by atoms with Crippen LogP contribution in [0.25, 0.3) is 11.0 Å². The molecule has 0 aliphatic heterocycles. The molecule has 0 aliphatic carbocycles. The number of esters is 1. The number of thioether (sulfide) groups is 1. The molecule has 0 saturated carbocycles. The number of carbonyl (C=O) groups excluding carboxylic acids is 3. The lowest BCUT2D eigenvalue weighted by Crippen LogP contribution is -2.14. The second kappa shape index (κ2) is 9.58. The molecule has 1 amide bonds. The van der Waals surface area contributed by atoms with Crippen LogP contribution in [0.5, 0.6) is 0 Å². The SMILES string of the molecule is CCOC(=O)c1ccc2c(c1)nc(SCC(=O)Nc1ccc(C(C)=O)cc1)n2CC. The minimum absolute atomic E-state index is 0.0204. The van der Waals surface area contributed by atoms with E-state index >= 15 is 0 Å². The number of nitrogens with one attached hydrogen (secondary N) is 1. The van der Waals surface area contributed by atoms with Crippen molar-refractivity contribution < 1.29 is 19.1 Å². The summed E-state index contributed by atoms with van der Waals surface area (Å²) in [7, 11) is 0. The van der Waals surface area contributed by atoms with Crippen molar-refractivity contribution in [2.75, 3.05) is 17.7 Å². The van der Waals surface area contributed by atoms with Gasteiger partial charge < -0.3 is 14.6 Å². The Kier molecular flexibility index (Phi) is 6.89. The van der Waals surface area contributed by atoms with Crippen LogP contribution in [0.4, 0.5) is 5.69 Å². The lowest BCUT2D eigenvalue weighted by atomic mass is 10.1. The summed E-state index contributed by atoms with van der Waals surface area (Å²) in [6.45, 7) is 6.26. The van der Waals surface area contributed by atoms with Gasteiger partial charge in [0.2, 0.25) is 5.91 Å². The summed E-state index contributed by atoms with van der Waals surface area (Å²) in [5, 5.41) is 3.52. The average Bonchev–Trinajstić information content (AvgIpc) is 3.09. The van der Waals surface area contributed by atoms with E-state index in [1.54, 1.807) is 43.3 Å². The van der Waals surface area contributed by atoms with Crippen LogP contribution >= 0.6 is 11.8 Å². The summed E-state index contributed by atoms with van der Waals surface area (Å²) < 4.78 is 7.05. The third-order valence-corrected chi connectivity index (χ3v) is 5.42. The molecule has 0 bridgehead atoms. The number of anilines is 1. The number of aryl methyl sites for hydroxylation is 1. The number of carbonyl (C=O) groups is 3. The van der Waals surface area contributed by atoms with Crippen LogP contribution in [0.15, 0.2) is 47.6 Å². The predicted molar refractivity (Wildman–Crippen MR) is 117 cm³/mol. The van der Waals surface area contributed by atoms with Crippen molar-refractivity contribution in [1.29, 1.82) is 0 Å². The summed E-state index contributed by atoms with van der Waals surface area (Å²) in [4.78, 5) is 40.2. The normalized spacial score (nSPS) is 10.8. The molecule has 0 aliphatic rings. The largest absolute Gasteiger partial charge is 0.462 e. The van der Waals surface area contributed by atoms with E-state index in [0.717, 1.165) is 5.52 Å². The Morgan fingerprint density at radius 3 is 2.40 bits per heavy atom. The van der Waals surface area contributed by atoms with Gasteiger partial charge in [-0.05, 0) is 63.2 Å². The Hall–Kier alpha value is -3.13. The molecule has 2 aromatic carbocycles. The van der Waals surface area contributed by atoms with Crippen LogP contribution in [-0.2, 0) is 16.1 Å². The number of hydrogen-bond acceptors (Lipinski definition) is 6. The highest BCUT2D eigenvalue weighted by Crippen LogP contribution is 2.25. The Morgan fingerprint density at radius 2 is 1.77 bits per heavy atom. The Labute approximate surface area is 178 Å². The van der Waals surface area contributed by atoms with Gasteiger partial charge in [-0.3, -0.25) is 9.59 Å². The molecule has 8 heteroatoms. The summed E-state index contributed by atoms with van der Waals surface area (Å²) in [6.07, 6.45) is 0. The molecule has 1 N–H and O–H groups in total. The van der Waals surface area contributed by atoms with E-state index in [9.17, 15) is 14.4 Å². The molecule has 0 fully saturated rings. The van der Waals surface area contributed by atoms with Crippen molar-refractivity contribution in [3.63, 3.8) is 0 Å². The van der Waals surface area contributed by atoms with Crippen LogP contribution < -0.4 is 5.32 Å². The van der Waals surface area contributed by atoms with Crippen LogP contribution in [0.1, 0.15) is 41.5 Å². The maximum atomic E-state index is 12.3. The molecule has 0 radical (unpaired) electrons. The topological polar surface area (TPSA) is 90.3 Å². The van der Waals surface area contributed by atoms with Gasteiger partial charge in [0.15, 0.2) is 10.9 Å². The lowest BCUT2D eigenvalue weighted by Gasteiger charge is -2.07. The summed E-state index contributed by atoms with van der Waals surface area (Å²) in [5.41, 5.74) is 3.27. The molecule has 1 heterocycles. The number of hydrogen-bond donors (Lipinski definition) is 1. The third kappa shape index (κ3) is 4.88. The lowest BCUT2D eigenvalue weighted by molar-refractivity contribution is -0.113. The van der Waals surface area contributed by atoms with Crippen LogP contribution in [0, 0.1) is 0 Å². The average molecular weight is 426 g/mol. The number of aromatic nitrogens is 2. The van der Waals surface area contributed by atoms with Gasteiger partial charge in [0.25, 0.3) is 0 Å². The Balaban J connectivity index is 1.70. The van der Waals surface area contributed by atoms with Gasteiger partial charge in [-0.2, -0.15) is 0 Å².